The normalized spacial score (nSPS) is 18.8. The number of imidazole rings is 1. The maximum Gasteiger partial charge on any atom is 0.227 e. The fourth-order valence-electron chi connectivity index (χ4n) is 4.15. The van der Waals surface area contributed by atoms with E-state index in [1.165, 1.54) is 0 Å². The predicted octanol–water partition coefficient (Wildman–Crippen LogP) is 5.04. The Balaban J connectivity index is 1.51. The van der Waals surface area contributed by atoms with Crippen molar-refractivity contribution in [1.29, 1.82) is 0 Å². The molecule has 0 bridgehead atoms. The van der Waals surface area contributed by atoms with Gasteiger partial charge in [-0.1, -0.05) is 13.8 Å². The number of halogens is 1. The second kappa shape index (κ2) is 9.54. The van der Waals surface area contributed by atoms with E-state index in [2.05, 4.69) is 46.2 Å². The highest BCUT2D eigenvalue weighted by Gasteiger charge is 2.31. The molecule has 1 aromatic carbocycles. The summed E-state index contributed by atoms with van der Waals surface area (Å²) in [5, 5.41) is 3.42. The lowest BCUT2D eigenvalue weighted by molar-refractivity contribution is 0.199. The summed E-state index contributed by atoms with van der Waals surface area (Å²) in [5.41, 5.74) is 3.20. The Morgan fingerprint density at radius 3 is 2.81 bits per heavy atom. The van der Waals surface area contributed by atoms with Crippen LogP contribution in [0.15, 0.2) is 43.1 Å². The molecule has 0 amide bonds. The van der Waals surface area contributed by atoms with Gasteiger partial charge in [0.1, 0.15) is 17.7 Å². The molecule has 0 spiro atoms. The Morgan fingerprint density at radius 2 is 2.12 bits per heavy atom. The molecule has 3 aromatic rings. The van der Waals surface area contributed by atoms with Gasteiger partial charge < -0.3 is 19.5 Å². The number of piperidine rings is 1. The van der Waals surface area contributed by atoms with Crippen LogP contribution in [0.2, 0.25) is 0 Å². The van der Waals surface area contributed by atoms with Crippen molar-refractivity contribution in [3.63, 3.8) is 0 Å². The zero-order chi connectivity index (χ0) is 22.7. The van der Waals surface area contributed by atoms with E-state index in [0.717, 1.165) is 22.6 Å². The molecule has 1 N–H and O–H groups in total. The first-order chi connectivity index (χ1) is 15.5. The van der Waals surface area contributed by atoms with E-state index in [0.29, 0.717) is 37.3 Å². The predicted molar refractivity (Wildman–Crippen MR) is 125 cm³/mol. The minimum absolute atomic E-state index is 0.198. The van der Waals surface area contributed by atoms with Crippen molar-refractivity contribution in [2.24, 2.45) is 0 Å². The van der Waals surface area contributed by atoms with Crippen molar-refractivity contribution >= 4 is 17.5 Å². The van der Waals surface area contributed by atoms with E-state index in [1.54, 1.807) is 18.7 Å². The quantitative estimate of drug-likeness (QED) is 0.558. The molecule has 1 saturated heterocycles. The molecule has 0 unspecified atom stereocenters. The average Bonchev–Trinajstić information content (AvgIpc) is 3.30. The Hall–Kier alpha value is -3.16. The monoisotopic (exact) mass is 438 g/mol. The maximum absolute atomic E-state index is 14.9. The van der Waals surface area contributed by atoms with Gasteiger partial charge in [0, 0.05) is 30.8 Å². The molecule has 7 nitrogen and oxygen atoms in total. The molecule has 8 heteroatoms. The van der Waals surface area contributed by atoms with Gasteiger partial charge in [0.15, 0.2) is 0 Å². The molecule has 2 aromatic heterocycles. The molecule has 1 aliphatic heterocycles. The Labute approximate surface area is 188 Å². The van der Waals surface area contributed by atoms with Crippen LogP contribution in [0.3, 0.4) is 0 Å². The zero-order valence-electron chi connectivity index (χ0n) is 19.1. The number of alkyl halides is 1. The molecular formula is C24H31FN6O. The number of nitrogens with zero attached hydrogens (tertiary/aromatic N) is 5. The average molecular weight is 439 g/mol. The van der Waals surface area contributed by atoms with E-state index in [-0.39, 0.29) is 12.6 Å². The van der Waals surface area contributed by atoms with Crippen molar-refractivity contribution < 1.29 is 9.13 Å². The van der Waals surface area contributed by atoms with Crippen LogP contribution in [0.25, 0.3) is 0 Å². The largest absolute Gasteiger partial charge is 0.494 e. The third kappa shape index (κ3) is 4.69. The Bertz CT molecular complexity index is 1040. The number of aromatic nitrogens is 4. The second-order valence-electron chi connectivity index (χ2n) is 8.49. The molecule has 0 aliphatic carbocycles. The fraction of sp³-hybridized carbons (Fsp3) is 0.458. The highest BCUT2D eigenvalue weighted by molar-refractivity contribution is 5.64. The van der Waals surface area contributed by atoms with Crippen LogP contribution in [-0.2, 0) is 0 Å². The van der Waals surface area contributed by atoms with Crippen LogP contribution in [0, 0.1) is 6.92 Å². The molecule has 2 atom stereocenters. The molecule has 3 heterocycles. The number of nitrogens with one attached hydrogen (secondary N) is 1. The molecule has 0 saturated carbocycles. The lowest BCUT2D eigenvalue weighted by atomic mass is 9.99. The highest BCUT2D eigenvalue weighted by Crippen LogP contribution is 2.34. The van der Waals surface area contributed by atoms with Crippen LogP contribution in [0.4, 0.5) is 21.8 Å². The van der Waals surface area contributed by atoms with Crippen molar-refractivity contribution in [3.8, 4) is 5.75 Å². The summed E-state index contributed by atoms with van der Waals surface area (Å²) >= 11 is 0. The van der Waals surface area contributed by atoms with E-state index in [4.69, 9.17) is 4.74 Å². The van der Waals surface area contributed by atoms with Crippen molar-refractivity contribution in [2.45, 2.75) is 52.2 Å². The molecule has 0 radical (unpaired) electrons. The summed E-state index contributed by atoms with van der Waals surface area (Å²) in [6.45, 7) is 9.92. The zero-order valence-corrected chi connectivity index (χ0v) is 19.1. The first-order valence-corrected chi connectivity index (χ1v) is 11.2. The summed E-state index contributed by atoms with van der Waals surface area (Å²) in [5.74, 6) is 2.47. The third-order valence-corrected chi connectivity index (χ3v) is 5.88. The van der Waals surface area contributed by atoms with Crippen LogP contribution < -0.4 is 15.0 Å². The minimum atomic E-state index is -1.01. The van der Waals surface area contributed by atoms with Gasteiger partial charge in [0.25, 0.3) is 0 Å². The van der Waals surface area contributed by atoms with Gasteiger partial charge in [-0.25, -0.2) is 14.4 Å². The third-order valence-electron chi connectivity index (χ3n) is 5.88. The van der Waals surface area contributed by atoms with Crippen molar-refractivity contribution in [2.75, 3.05) is 29.9 Å². The molecular weight excluding hydrogens is 407 g/mol. The van der Waals surface area contributed by atoms with Gasteiger partial charge in [-0.05, 0) is 55.5 Å². The highest BCUT2D eigenvalue weighted by atomic mass is 19.1. The molecule has 1 aliphatic rings. The number of anilines is 3. The van der Waals surface area contributed by atoms with Gasteiger partial charge >= 0.3 is 0 Å². The number of rotatable bonds is 7. The molecule has 32 heavy (non-hydrogen) atoms. The van der Waals surface area contributed by atoms with Gasteiger partial charge in [0.05, 0.1) is 25.5 Å². The lowest BCUT2D eigenvalue weighted by Crippen LogP contribution is -2.43. The fourth-order valence-corrected chi connectivity index (χ4v) is 4.15. The molecule has 4 rings (SSSR count). The SMILES string of the molecule is CCOc1cc(C)c(Nc2ccnc(N3CC[C@H](n4ccnc4)[C@H](F)C3)n2)cc1C(C)C. The minimum Gasteiger partial charge on any atom is -0.494 e. The number of aryl methyl sites for hydroxylation is 1. The van der Waals surface area contributed by atoms with Gasteiger partial charge in [-0.2, -0.15) is 4.98 Å². The number of benzene rings is 1. The van der Waals surface area contributed by atoms with Crippen molar-refractivity contribution in [1.82, 2.24) is 19.5 Å². The van der Waals surface area contributed by atoms with Crippen LogP contribution in [0.5, 0.6) is 5.75 Å². The van der Waals surface area contributed by atoms with Crippen LogP contribution in [0.1, 0.15) is 50.3 Å². The number of hydrogen-bond acceptors (Lipinski definition) is 6. The summed E-state index contributed by atoms with van der Waals surface area (Å²) in [7, 11) is 0. The van der Waals surface area contributed by atoms with Gasteiger partial charge in [0.2, 0.25) is 5.95 Å². The van der Waals surface area contributed by atoms with Crippen molar-refractivity contribution in [3.05, 3.63) is 54.2 Å². The van der Waals surface area contributed by atoms with Crippen LogP contribution in [-0.4, -0.2) is 45.4 Å². The molecule has 170 valence electrons. The lowest BCUT2D eigenvalue weighted by Gasteiger charge is -2.35. The smallest absolute Gasteiger partial charge is 0.227 e. The number of ether oxygens (including phenoxy) is 1. The molecule has 1 fully saturated rings. The standard InChI is InChI=1S/C24H31FN6O/c1-5-32-22-12-17(4)20(13-18(22)16(2)3)28-23-6-8-27-24(29-23)30-10-7-21(19(25)14-30)31-11-9-26-15-31/h6,8-9,11-13,15-16,19,21H,5,7,10,14H2,1-4H3,(H,27,28,29)/t19-,21+/m1/s1. The Morgan fingerprint density at radius 1 is 1.28 bits per heavy atom. The summed E-state index contributed by atoms with van der Waals surface area (Å²) < 4.78 is 22.6. The number of hydrogen-bond donors (Lipinski definition) is 1. The first kappa shape index (κ1) is 22.0. The van der Waals surface area contributed by atoms with Gasteiger partial charge in [-0.15, -0.1) is 0 Å². The first-order valence-electron chi connectivity index (χ1n) is 11.2. The Kier molecular flexibility index (Phi) is 6.58. The maximum atomic E-state index is 14.9. The summed E-state index contributed by atoms with van der Waals surface area (Å²) in [4.78, 5) is 15.0. The van der Waals surface area contributed by atoms with E-state index >= 15 is 0 Å². The second-order valence-corrected chi connectivity index (χ2v) is 8.49. The topological polar surface area (TPSA) is 68.1 Å². The summed E-state index contributed by atoms with van der Waals surface area (Å²) in [6.07, 6.45) is 6.56. The van der Waals surface area contributed by atoms with E-state index in [9.17, 15) is 4.39 Å². The van der Waals surface area contributed by atoms with Crippen LogP contribution >= 0.6 is 0 Å². The summed E-state index contributed by atoms with van der Waals surface area (Å²) in [6, 6.07) is 5.83. The van der Waals surface area contributed by atoms with E-state index < -0.39 is 6.17 Å². The van der Waals surface area contributed by atoms with Gasteiger partial charge in [-0.3, -0.25) is 0 Å². The van der Waals surface area contributed by atoms with E-state index in [1.807, 2.05) is 35.6 Å².